The van der Waals surface area contributed by atoms with Gasteiger partial charge in [0.25, 0.3) is 0 Å². The Balaban J connectivity index is 1.78. The third-order valence-corrected chi connectivity index (χ3v) is 5.78. The molecule has 136 valence electrons. The summed E-state index contributed by atoms with van der Waals surface area (Å²) in [6.45, 7) is 3.94. The SMILES string of the molecule is CC(C)c1ccc(CCC2(C3CCCC3)CC(=O)CC(=O)O2)cc1F. The van der Waals surface area contributed by atoms with Crippen LogP contribution in [0.4, 0.5) is 4.39 Å². The van der Waals surface area contributed by atoms with Gasteiger partial charge in [0, 0.05) is 6.42 Å². The van der Waals surface area contributed by atoms with Crippen molar-refractivity contribution in [2.75, 3.05) is 0 Å². The highest BCUT2D eigenvalue weighted by Gasteiger charge is 2.47. The summed E-state index contributed by atoms with van der Waals surface area (Å²) in [4.78, 5) is 24.0. The van der Waals surface area contributed by atoms with Crippen LogP contribution in [0.3, 0.4) is 0 Å². The van der Waals surface area contributed by atoms with Crippen LogP contribution >= 0.6 is 0 Å². The van der Waals surface area contributed by atoms with E-state index in [4.69, 9.17) is 4.74 Å². The standard InChI is InChI=1S/C21H27FO3/c1-14(2)18-8-7-15(11-19(18)22)9-10-21(16-5-3-4-6-16)13-17(23)12-20(24)25-21/h7-8,11,14,16H,3-6,9-10,12-13H2,1-2H3. The molecule has 1 saturated heterocycles. The van der Waals surface area contributed by atoms with Gasteiger partial charge in [0.2, 0.25) is 0 Å². The summed E-state index contributed by atoms with van der Waals surface area (Å²) in [5.74, 6) is -0.204. The van der Waals surface area contributed by atoms with Gasteiger partial charge in [-0.15, -0.1) is 0 Å². The summed E-state index contributed by atoms with van der Waals surface area (Å²) in [5.41, 5.74) is 0.928. The van der Waals surface area contributed by atoms with E-state index < -0.39 is 11.6 Å². The lowest BCUT2D eigenvalue weighted by Crippen LogP contribution is -2.48. The van der Waals surface area contributed by atoms with E-state index in [1.165, 1.54) is 0 Å². The van der Waals surface area contributed by atoms with Gasteiger partial charge in [-0.1, -0.05) is 38.8 Å². The highest BCUT2D eigenvalue weighted by molar-refractivity contribution is 5.98. The maximum absolute atomic E-state index is 14.2. The van der Waals surface area contributed by atoms with Gasteiger partial charge in [0.1, 0.15) is 23.6 Å². The number of hydrogen-bond donors (Lipinski definition) is 0. The Morgan fingerprint density at radius 3 is 2.56 bits per heavy atom. The molecule has 1 saturated carbocycles. The molecule has 2 aliphatic rings. The summed E-state index contributed by atoms with van der Waals surface area (Å²) in [7, 11) is 0. The summed E-state index contributed by atoms with van der Waals surface area (Å²) in [6.07, 6.45) is 5.66. The Morgan fingerprint density at radius 1 is 1.24 bits per heavy atom. The quantitative estimate of drug-likeness (QED) is 0.572. The number of ether oxygens (including phenoxy) is 1. The zero-order chi connectivity index (χ0) is 18.0. The molecule has 0 aromatic heterocycles. The van der Waals surface area contributed by atoms with Gasteiger partial charge in [0.05, 0.1) is 0 Å². The topological polar surface area (TPSA) is 43.4 Å². The predicted molar refractivity (Wildman–Crippen MR) is 93.8 cm³/mol. The molecular weight excluding hydrogens is 319 g/mol. The third kappa shape index (κ3) is 3.94. The van der Waals surface area contributed by atoms with Crippen molar-refractivity contribution in [3.8, 4) is 0 Å². The Labute approximate surface area is 148 Å². The second kappa shape index (κ2) is 7.27. The monoisotopic (exact) mass is 346 g/mol. The highest BCUT2D eigenvalue weighted by Crippen LogP contribution is 2.43. The first-order chi connectivity index (χ1) is 11.9. The molecule has 0 radical (unpaired) electrons. The molecule has 1 atom stereocenters. The number of benzene rings is 1. The lowest BCUT2D eigenvalue weighted by atomic mass is 9.76. The van der Waals surface area contributed by atoms with E-state index in [0.29, 0.717) is 24.8 Å². The number of ketones is 1. The van der Waals surface area contributed by atoms with E-state index in [9.17, 15) is 14.0 Å². The Hall–Kier alpha value is -1.71. The minimum Gasteiger partial charge on any atom is -0.458 e. The Kier molecular flexibility index (Phi) is 5.26. The number of esters is 1. The fraction of sp³-hybridized carbons (Fsp3) is 0.619. The molecule has 3 nitrogen and oxygen atoms in total. The van der Waals surface area contributed by atoms with Crippen molar-refractivity contribution >= 4 is 11.8 Å². The molecule has 1 unspecified atom stereocenters. The van der Waals surface area contributed by atoms with E-state index >= 15 is 0 Å². The van der Waals surface area contributed by atoms with Gasteiger partial charge in [-0.25, -0.2) is 4.39 Å². The van der Waals surface area contributed by atoms with Crippen LogP contribution in [0.5, 0.6) is 0 Å². The van der Waals surface area contributed by atoms with Gasteiger partial charge in [-0.2, -0.15) is 0 Å². The molecule has 1 aliphatic heterocycles. The first-order valence-electron chi connectivity index (χ1n) is 9.41. The lowest BCUT2D eigenvalue weighted by Gasteiger charge is -2.41. The number of rotatable bonds is 5. The third-order valence-electron chi connectivity index (χ3n) is 5.78. The number of hydrogen-bond acceptors (Lipinski definition) is 3. The molecule has 1 aliphatic carbocycles. The van der Waals surface area contributed by atoms with Crippen LogP contribution in [0.25, 0.3) is 0 Å². The van der Waals surface area contributed by atoms with Crippen molar-refractivity contribution in [2.45, 2.75) is 76.7 Å². The van der Waals surface area contributed by atoms with Crippen molar-refractivity contribution in [2.24, 2.45) is 5.92 Å². The van der Waals surface area contributed by atoms with Crippen LogP contribution < -0.4 is 0 Å². The second-order valence-corrected chi connectivity index (χ2v) is 7.92. The summed E-state index contributed by atoms with van der Waals surface area (Å²) in [5, 5.41) is 0. The van der Waals surface area contributed by atoms with E-state index in [0.717, 1.165) is 31.2 Å². The molecule has 1 heterocycles. The van der Waals surface area contributed by atoms with Crippen LogP contribution in [0.15, 0.2) is 18.2 Å². The van der Waals surface area contributed by atoms with Gasteiger partial charge >= 0.3 is 5.97 Å². The fourth-order valence-electron chi connectivity index (χ4n) is 4.43. The second-order valence-electron chi connectivity index (χ2n) is 7.92. The van der Waals surface area contributed by atoms with Crippen molar-refractivity contribution in [3.05, 3.63) is 35.1 Å². The highest BCUT2D eigenvalue weighted by atomic mass is 19.1. The molecule has 0 spiro atoms. The van der Waals surface area contributed by atoms with E-state index in [-0.39, 0.29) is 29.9 Å². The number of aryl methyl sites for hydroxylation is 1. The van der Waals surface area contributed by atoms with Gasteiger partial charge < -0.3 is 4.74 Å². The minimum atomic E-state index is -0.684. The molecule has 25 heavy (non-hydrogen) atoms. The molecule has 0 amide bonds. The average molecular weight is 346 g/mol. The maximum Gasteiger partial charge on any atom is 0.313 e. The molecule has 4 heteroatoms. The van der Waals surface area contributed by atoms with Gasteiger partial charge in [-0.3, -0.25) is 9.59 Å². The maximum atomic E-state index is 14.2. The van der Waals surface area contributed by atoms with Gasteiger partial charge in [-0.05, 0) is 54.7 Å². The van der Waals surface area contributed by atoms with E-state index in [2.05, 4.69) is 0 Å². The van der Waals surface area contributed by atoms with Crippen LogP contribution in [0.2, 0.25) is 0 Å². The molecule has 1 aromatic carbocycles. The summed E-state index contributed by atoms with van der Waals surface area (Å²) in [6, 6.07) is 5.38. The van der Waals surface area contributed by atoms with Crippen molar-refractivity contribution in [3.63, 3.8) is 0 Å². The molecule has 0 N–H and O–H groups in total. The predicted octanol–water partition coefficient (Wildman–Crippen LogP) is 4.72. The van der Waals surface area contributed by atoms with Crippen LogP contribution in [-0.2, 0) is 20.7 Å². The number of Topliss-reactive ketones (excluding diaryl/α,β-unsaturated/α-hetero) is 1. The normalized spacial score (nSPS) is 24.8. The number of halogens is 1. The first kappa shape index (κ1) is 18.1. The van der Waals surface area contributed by atoms with Crippen molar-refractivity contribution in [1.29, 1.82) is 0 Å². The number of carbonyl (C=O) groups is 2. The van der Waals surface area contributed by atoms with Crippen molar-refractivity contribution < 1.29 is 18.7 Å². The Bertz CT molecular complexity index is 643. The van der Waals surface area contributed by atoms with E-state index in [1.807, 2.05) is 26.0 Å². The summed E-state index contributed by atoms with van der Waals surface area (Å²) < 4.78 is 20.0. The largest absolute Gasteiger partial charge is 0.458 e. The first-order valence-corrected chi connectivity index (χ1v) is 9.41. The summed E-state index contributed by atoms with van der Waals surface area (Å²) >= 11 is 0. The molecule has 2 fully saturated rings. The van der Waals surface area contributed by atoms with Crippen molar-refractivity contribution in [1.82, 2.24) is 0 Å². The van der Waals surface area contributed by atoms with Crippen LogP contribution in [-0.4, -0.2) is 17.4 Å². The average Bonchev–Trinajstić information content (AvgIpc) is 3.07. The fourth-order valence-corrected chi connectivity index (χ4v) is 4.43. The molecule has 3 rings (SSSR count). The Morgan fingerprint density at radius 2 is 1.96 bits per heavy atom. The number of cyclic esters (lactones) is 1. The lowest BCUT2D eigenvalue weighted by molar-refractivity contribution is -0.178. The van der Waals surface area contributed by atoms with Crippen LogP contribution in [0.1, 0.15) is 75.8 Å². The van der Waals surface area contributed by atoms with E-state index in [1.54, 1.807) is 6.07 Å². The molecule has 0 bridgehead atoms. The van der Waals surface area contributed by atoms with Crippen LogP contribution in [0, 0.1) is 11.7 Å². The zero-order valence-corrected chi connectivity index (χ0v) is 15.1. The number of carbonyl (C=O) groups excluding carboxylic acids is 2. The smallest absolute Gasteiger partial charge is 0.313 e. The van der Waals surface area contributed by atoms with Gasteiger partial charge in [0.15, 0.2) is 0 Å². The zero-order valence-electron chi connectivity index (χ0n) is 15.1. The molecule has 1 aromatic rings. The molecular formula is C21H27FO3. The minimum absolute atomic E-state index is 0.0236.